The second-order valence-electron chi connectivity index (χ2n) is 3.75. The van der Waals surface area contributed by atoms with Crippen LogP contribution in [-0.2, 0) is 4.74 Å². The molecule has 0 aliphatic carbocycles. The van der Waals surface area contributed by atoms with E-state index in [2.05, 4.69) is 26.5 Å². The highest BCUT2D eigenvalue weighted by molar-refractivity contribution is 7.80. The molecule has 0 radical (unpaired) electrons. The van der Waals surface area contributed by atoms with Gasteiger partial charge in [0.2, 0.25) is 0 Å². The molecular formula is C11H24OS. The summed E-state index contributed by atoms with van der Waals surface area (Å²) in [5.74, 6) is 1.74. The standard InChI is InChI=1S/C11H24OS/c1-3-7-11(2)10-12-8-5-4-6-9-13/h11,13H,3-10H2,1-2H3. The first-order valence-electron chi connectivity index (χ1n) is 5.49. The van der Waals surface area contributed by atoms with Crippen molar-refractivity contribution >= 4 is 12.6 Å². The maximum absolute atomic E-state index is 5.57. The van der Waals surface area contributed by atoms with Crippen molar-refractivity contribution in [1.82, 2.24) is 0 Å². The molecule has 0 saturated carbocycles. The van der Waals surface area contributed by atoms with Gasteiger partial charge in [-0.25, -0.2) is 0 Å². The molecule has 1 nitrogen and oxygen atoms in total. The molecule has 0 amide bonds. The lowest BCUT2D eigenvalue weighted by Crippen LogP contribution is -2.06. The second-order valence-corrected chi connectivity index (χ2v) is 4.20. The van der Waals surface area contributed by atoms with Gasteiger partial charge in [-0.1, -0.05) is 26.7 Å². The Hall–Kier alpha value is 0.310. The van der Waals surface area contributed by atoms with Crippen molar-refractivity contribution < 1.29 is 4.74 Å². The SMILES string of the molecule is CCCC(C)COCCCCCS. The summed E-state index contributed by atoms with van der Waals surface area (Å²) in [6.45, 7) is 6.36. The maximum atomic E-state index is 5.57. The molecule has 0 spiro atoms. The Morgan fingerprint density at radius 3 is 2.62 bits per heavy atom. The number of hydrogen-bond acceptors (Lipinski definition) is 2. The summed E-state index contributed by atoms with van der Waals surface area (Å²) in [6.07, 6.45) is 6.23. The fourth-order valence-electron chi connectivity index (χ4n) is 1.35. The van der Waals surface area contributed by atoms with Gasteiger partial charge in [-0.15, -0.1) is 0 Å². The normalized spacial score (nSPS) is 13.2. The van der Waals surface area contributed by atoms with E-state index in [1.807, 2.05) is 0 Å². The van der Waals surface area contributed by atoms with Crippen molar-refractivity contribution in [2.45, 2.75) is 46.0 Å². The van der Waals surface area contributed by atoms with Crippen molar-refractivity contribution in [3.63, 3.8) is 0 Å². The van der Waals surface area contributed by atoms with Crippen LogP contribution in [-0.4, -0.2) is 19.0 Å². The van der Waals surface area contributed by atoms with Gasteiger partial charge in [0.15, 0.2) is 0 Å². The highest BCUT2D eigenvalue weighted by atomic mass is 32.1. The number of unbranched alkanes of at least 4 members (excludes halogenated alkanes) is 2. The molecule has 0 aromatic carbocycles. The third-order valence-corrected chi connectivity index (χ3v) is 2.45. The molecule has 0 aromatic heterocycles. The van der Waals surface area contributed by atoms with Crippen LogP contribution in [0.3, 0.4) is 0 Å². The van der Waals surface area contributed by atoms with Gasteiger partial charge < -0.3 is 4.74 Å². The first kappa shape index (κ1) is 13.3. The Morgan fingerprint density at radius 2 is 2.00 bits per heavy atom. The van der Waals surface area contributed by atoms with E-state index in [-0.39, 0.29) is 0 Å². The molecule has 0 aliphatic rings. The van der Waals surface area contributed by atoms with E-state index < -0.39 is 0 Å². The van der Waals surface area contributed by atoms with Crippen LogP contribution in [0.1, 0.15) is 46.0 Å². The fourth-order valence-corrected chi connectivity index (χ4v) is 1.58. The molecule has 1 atom stereocenters. The first-order chi connectivity index (χ1) is 6.31. The average molecular weight is 204 g/mol. The van der Waals surface area contributed by atoms with Crippen LogP contribution in [0.25, 0.3) is 0 Å². The van der Waals surface area contributed by atoms with Gasteiger partial charge >= 0.3 is 0 Å². The summed E-state index contributed by atoms with van der Waals surface area (Å²) in [5.41, 5.74) is 0. The van der Waals surface area contributed by atoms with E-state index >= 15 is 0 Å². The van der Waals surface area contributed by atoms with Crippen LogP contribution in [0.5, 0.6) is 0 Å². The van der Waals surface area contributed by atoms with Crippen molar-refractivity contribution in [3.8, 4) is 0 Å². The van der Waals surface area contributed by atoms with Crippen LogP contribution >= 0.6 is 12.6 Å². The Bertz CT molecular complexity index is 96.1. The first-order valence-corrected chi connectivity index (χ1v) is 6.13. The lowest BCUT2D eigenvalue weighted by Gasteiger charge is -2.10. The summed E-state index contributed by atoms with van der Waals surface area (Å²) in [7, 11) is 0. The number of ether oxygens (including phenoxy) is 1. The van der Waals surface area contributed by atoms with Crippen LogP contribution in [0.4, 0.5) is 0 Å². The largest absolute Gasteiger partial charge is 0.381 e. The molecule has 0 aromatic rings. The number of rotatable bonds is 9. The molecule has 2 heteroatoms. The molecule has 0 heterocycles. The third kappa shape index (κ3) is 10.2. The Balaban J connectivity index is 2.97. The zero-order valence-corrected chi connectivity index (χ0v) is 9.98. The van der Waals surface area contributed by atoms with Crippen LogP contribution < -0.4 is 0 Å². The summed E-state index contributed by atoms with van der Waals surface area (Å²) in [6, 6.07) is 0. The molecular weight excluding hydrogens is 180 g/mol. The molecule has 0 rings (SSSR count). The minimum absolute atomic E-state index is 0.731. The Kier molecular flexibility index (Phi) is 10.6. The van der Waals surface area contributed by atoms with Crippen LogP contribution in [0, 0.1) is 5.92 Å². The highest BCUT2D eigenvalue weighted by Crippen LogP contribution is 2.05. The summed E-state index contributed by atoms with van der Waals surface area (Å²) in [5, 5.41) is 0. The van der Waals surface area contributed by atoms with E-state index in [4.69, 9.17) is 4.74 Å². The predicted molar refractivity (Wildman–Crippen MR) is 62.6 cm³/mol. The monoisotopic (exact) mass is 204 g/mol. The van der Waals surface area contributed by atoms with E-state index in [0.29, 0.717) is 0 Å². The van der Waals surface area contributed by atoms with E-state index in [1.54, 1.807) is 0 Å². The smallest absolute Gasteiger partial charge is 0.0491 e. The van der Waals surface area contributed by atoms with Gasteiger partial charge in [0.05, 0.1) is 0 Å². The van der Waals surface area contributed by atoms with E-state index in [0.717, 1.165) is 24.9 Å². The van der Waals surface area contributed by atoms with Gasteiger partial charge in [0.1, 0.15) is 0 Å². The van der Waals surface area contributed by atoms with Crippen molar-refractivity contribution in [3.05, 3.63) is 0 Å². The topological polar surface area (TPSA) is 9.23 Å². The second kappa shape index (κ2) is 10.4. The van der Waals surface area contributed by atoms with Crippen LogP contribution in [0.15, 0.2) is 0 Å². The zero-order valence-electron chi connectivity index (χ0n) is 9.09. The maximum Gasteiger partial charge on any atom is 0.0491 e. The van der Waals surface area contributed by atoms with Crippen molar-refractivity contribution in [2.24, 2.45) is 5.92 Å². The molecule has 80 valence electrons. The third-order valence-electron chi connectivity index (χ3n) is 2.13. The summed E-state index contributed by atoms with van der Waals surface area (Å²) < 4.78 is 5.57. The minimum Gasteiger partial charge on any atom is -0.381 e. The zero-order chi connectivity index (χ0) is 9.94. The predicted octanol–water partition coefficient (Wildman–Crippen LogP) is 3.54. The summed E-state index contributed by atoms with van der Waals surface area (Å²) >= 11 is 4.17. The van der Waals surface area contributed by atoms with Gasteiger partial charge in [-0.05, 0) is 30.9 Å². The minimum atomic E-state index is 0.731. The molecule has 0 N–H and O–H groups in total. The molecule has 1 unspecified atom stereocenters. The molecule has 0 saturated heterocycles. The van der Waals surface area contributed by atoms with E-state index in [9.17, 15) is 0 Å². The number of hydrogen-bond donors (Lipinski definition) is 1. The molecule has 0 fully saturated rings. The average Bonchev–Trinajstić information content (AvgIpc) is 2.11. The molecule has 13 heavy (non-hydrogen) atoms. The van der Waals surface area contributed by atoms with Gasteiger partial charge in [0.25, 0.3) is 0 Å². The lowest BCUT2D eigenvalue weighted by atomic mass is 10.1. The lowest BCUT2D eigenvalue weighted by molar-refractivity contribution is 0.0986. The van der Waals surface area contributed by atoms with Crippen molar-refractivity contribution in [1.29, 1.82) is 0 Å². The summed E-state index contributed by atoms with van der Waals surface area (Å²) in [4.78, 5) is 0. The van der Waals surface area contributed by atoms with E-state index in [1.165, 1.54) is 32.1 Å². The quantitative estimate of drug-likeness (QED) is 0.446. The van der Waals surface area contributed by atoms with Crippen LogP contribution in [0.2, 0.25) is 0 Å². The van der Waals surface area contributed by atoms with Gasteiger partial charge in [0, 0.05) is 13.2 Å². The fraction of sp³-hybridized carbons (Fsp3) is 1.00. The highest BCUT2D eigenvalue weighted by Gasteiger charge is 1.99. The van der Waals surface area contributed by atoms with Gasteiger partial charge in [-0.3, -0.25) is 0 Å². The number of thiol groups is 1. The Morgan fingerprint density at radius 1 is 1.23 bits per heavy atom. The Labute approximate surface area is 88.7 Å². The van der Waals surface area contributed by atoms with Crippen molar-refractivity contribution in [2.75, 3.05) is 19.0 Å². The van der Waals surface area contributed by atoms with Gasteiger partial charge in [-0.2, -0.15) is 12.6 Å². The molecule has 0 aliphatic heterocycles. The molecule has 0 bridgehead atoms.